The van der Waals surface area contributed by atoms with Gasteiger partial charge in [-0.3, -0.25) is 14.4 Å². The first-order valence-corrected chi connectivity index (χ1v) is 9.97. The monoisotopic (exact) mass is 397 g/mol. The molecule has 1 aromatic rings. The summed E-state index contributed by atoms with van der Waals surface area (Å²) in [6.45, 7) is 4.98. The predicted molar refractivity (Wildman–Crippen MR) is 102 cm³/mol. The molecule has 1 fully saturated rings. The molecule has 2 aliphatic carbocycles. The van der Waals surface area contributed by atoms with Crippen LogP contribution in [0.15, 0.2) is 24.3 Å². The molecule has 1 spiro atoms. The molecule has 7 nitrogen and oxygen atoms in total. The second-order valence-corrected chi connectivity index (χ2v) is 8.32. The molecule has 1 saturated heterocycles. The molecular formula is C22H23NO6. The van der Waals surface area contributed by atoms with Crippen LogP contribution >= 0.6 is 0 Å². The van der Waals surface area contributed by atoms with E-state index in [1.807, 2.05) is 17.0 Å². The lowest BCUT2D eigenvalue weighted by atomic mass is 9.53. The van der Waals surface area contributed by atoms with Gasteiger partial charge in [-0.1, -0.05) is 12.1 Å². The SMILES string of the molecule is CC(=O)Oc1ccc2c3c1O[C@H]1[C@@H](OC(C)=O)C=C[C@H]4[C@@H](C2)N(C(C)=O)CC[C@@]341. The molecule has 5 atom stereocenters. The molecule has 2 aliphatic heterocycles. The van der Waals surface area contributed by atoms with Crippen LogP contribution in [0.5, 0.6) is 11.5 Å². The number of likely N-dealkylation sites (tertiary alicyclic amines) is 1. The van der Waals surface area contributed by atoms with Gasteiger partial charge in [-0.25, -0.2) is 0 Å². The van der Waals surface area contributed by atoms with Crippen LogP contribution in [0.3, 0.4) is 0 Å². The van der Waals surface area contributed by atoms with E-state index in [1.54, 1.807) is 13.0 Å². The van der Waals surface area contributed by atoms with Gasteiger partial charge in [-0.2, -0.15) is 0 Å². The molecule has 0 radical (unpaired) electrons. The van der Waals surface area contributed by atoms with Crippen LogP contribution in [0.4, 0.5) is 0 Å². The summed E-state index contributed by atoms with van der Waals surface area (Å²) in [6.07, 6.45) is 4.44. The van der Waals surface area contributed by atoms with Crippen molar-refractivity contribution in [2.75, 3.05) is 6.54 Å². The van der Waals surface area contributed by atoms with Crippen LogP contribution in [0.1, 0.15) is 38.3 Å². The Kier molecular flexibility index (Phi) is 3.82. The van der Waals surface area contributed by atoms with Gasteiger partial charge in [0.05, 0.1) is 5.41 Å². The zero-order valence-corrected chi connectivity index (χ0v) is 16.6. The summed E-state index contributed by atoms with van der Waals surface area (Å²) >= 11 is 0. The molecular weight excluding hydrogens is 374 g/mol. The molecule has 5 rings (SSSR count). The fourth-order valence-corrected chi connectivity index (χ4v) is 5.95. The zero-order chi connectivity index (χ0) is 20.5. The highest BCUT2D eigenvalue weighted by Gasteiger charge is 2.65. The number of hydrogen-bond acceptors (Lipinski definition) is 6. The van der Waals surface area contributed by atoms with E-state index in [2.05, 4.69) is 6.08 Å². The number of hydrogen-bond donors (Lipinski definition) is 0. The lowest BCUT2D eigenvalue weighted by molar-refractivity contribution is -0.153. The van der Waals surface area contributed by atoms with Crippen LogP contribution < -0.4 is 9.47 Å². The first kappa shape index (κ1) is 18.2. The van der Waals surface area contributed by atoms with Gasteiger partial charge < -0.3 is 19.1 Å². The minimum Gasteiger partial charge on any atom is -0.481 e. The van der Waals surface area contributed by atoms with Crippen LogP contribution in [0.2, 0.25) is 0 Å². The predicted octanol–water partition coefficient (Wildman–Crippen LogP) is 1.91. The maximum absolute atomic E-state index is 12.3. The topological polar surface area (TPSA) is 82.1 Å². The van der Waals surface area contributed by atoms with Gasteiger partial charge >= 0.3 is 11.9 Å². The minimum absolute atomic E-state index is 0.0277. The summed E-state index contributed by atoms with van der Waals surface area (Å²) < 4.78 is 17.4. The van der Waals surface area contributed by atoms with E-state index >= 15 is 0 Å². The van der Waals surface area contributed by atoms with Crippen molar-refractivity contribution >= 4 is 17.8 Å². The Morgan fingerprint density at radius 3 is 2.62 bits per heavy atom. The van der Waals surface area contributed by atoms with Gasteiger partial charge in [0.15, 0.2) is 17.6 Å². The number of carbonyl (C=O) groups excluding carboxylic acids is 3. The molecule has 0 aromatic heterocycles. The van der Waals surface area contributed by atoms with Crippen molar-refractivity contribution < 1.29 is 28.6 Å². The molecule has 0 N–H and O–H groups in total. The highest BCUT2D eigenvalue weighted by atomic mass is 16.6. The summed E-state index contributed by atoms with van der Waals surface area (Å²) in [6, 6.07) is 3.75. The molecule has 2 bridgehead atoms. The van der Waals surface area contributed by atoms with Crippen molar-refractivity contribution in [3.63, 3.8) is 0 Å². The van der Waals surface area contributed by atoms with Crippen LogP contribution in [0, 0.1) is 5.92 Å². The normalized spacial score (nSPS) is 32.9. The molecule has 2 heterocycles. The van der Waals surface area contributed by atoms with Gasteiger partial charge in [0.2, 0.25) is 5.91 Å². The van der Waals surface area contributed by atoms with Crippen molar-refractivity contribution in [1.29, 1.82) is 0 Å². The van der Waals surface area contributed by atoms with Gasteiger partial charge in [-0.15, -0.1) is 0 Å². The summed E-state index contributed by atoms with van der Waals surface area (Å²) in [5.41, 5.74) is 1.74. The van der Waals surface area contributed by atoms with Crippen molar-refractivity contribution in [1.82, 2.24) is 4.90 Å². The Morgan fingerprint density at radius 2 is 1.93 bits per heavy atom. The Labute approximate surface area is 168 Å². The van der Waals surface area contributed by atoms with Crippen LogP contribution in [-0.4, -0.2) is 47.5 Å². The van der Waals surface area contributed by atoms with E-state index < -0.39 is 23.6 Å². The lowest BCUT2D eigenvalue weighted by Gasteiger charge is -2.57. The first-order chi connectivity index (χ1) is 13.8. The van der Waals surface area contributed by atoms with Crippen molar-refractivity contribution in [3.05, 3.63) is 35.4 Å². The molecule has 1 amide bonds. The average molecular weight is 397 g/mol. The third-order valence-corrected chi connectivity index (χ3v) is 6.80. The Bertz CT molecular complexity index is 968. The molecule has 7 heteroatoms. The van der Waals surface area contributed by atoms with Gasteiger partial charge in [-0.05, 0) is 30.5 Å². The third kappa shape index (κ3) is 2.39. The van der Waals surface area contributed by atoms with Gasteiger partial charge in [0.1, 0.15) is 6.10 Å². The first-order valence-electron chi connectivity index (χ1n) is 9.97. The molecule has 4 aliphatic rings. The lowest BCUT2D eigenvalue weighted by Crippen LogP contribution is -2.66. The number of rotatable bonds is 2. The average Bonchev–Trinajstić information content (AvgIpc) is 2.98. The molecule has 0 saturated carbocycles. The van der Waals surface area contributed by atoms with Crippen LogP contribution in [-0.2, 0) is 31.0 Å². The fourth-order valence-electron chi connectivity index (χ4n) is 5.95. The van der Waals surface area contributed by atoms with E-state index in [1.165, 1.54) is 13.8 Å². The summed E-state index contributed by atoms with van der Waals surface area (Å²) in [5, 5.41) is 0. The summed E-state index contributed by atoms with van der Waals surface area (Å²) in [5.74, 6) is 0.303. The molecule has 152 valence electrons. The Hall–Kier alpha value is -2.83. The van der Waals surface area contributed by atoms with Gasteiger partial charge in [0, 0.05) is 44.8 Å². The number of carbonyl (C=O) groups is 3. The van der Waals surface area contributed by atoms with Crippen molar-refractivity contribution in [2.24, 2.45) is 5.92 Å². The van der Waals surface area contributed by atoms with Crippen molar-refractivity contribution in [2.45, 2.75) is 57.3 Å². The second kappa shape index (κ2) is 6.08. The van der Waals surface area contributed by atoms with E-state index in [4.69, 9.17) is 14.2 Å². The Balaban J connectivity index is 1.71. The van der Waals surface area contributed by atoms with E-state index in [9.17, 15) is 14.4 Å². The number of piperidine rings is 1. The standard InChI is InChI=1S/C22H23NO6/c1-11(24)23-9-8-22-15-5-7-18(28-13(3)26)21(22)29-20-17(27-12(2)25)6-4-14(19(20)22)10-16(15)23/h4-7,15-16,18,21H,8-10H2,1-3H3/t15-,16+,18-,21-,22-/m0/s1. The molecule has 0 unspecified atom stereocenters. The number of benzene rings is 1. The van der Waals surface area contributed by atoms with Crippen LogP contribution in [0.25, 0.3) is 0 Å². The number of esters is 2. The maximum Gasteiger partial charge on any atom is 0.308 e. The summed E-state index contributed by atoms with van der Waals surface area (Å²) in [4.78, 5) is 37.6. The number of amides is 1. The number of ether oxygens (including phenoxy) is 3. The maximum atomic E-state index is 12.3. The Morgan fingerprint density at radius 1 is 1.14 bits per heavy atom. The summed E-state index contributed by atoms with van der Waals surface area (Å²) in [7, 11) is 0. The fraction of sp³-hybridized carbons (Fsp3) is 0.500. The molecule has 29 heavy (non-hydrogen) atoms. The smallest absolute Gasteiger partial charge is 0.308 e. The van der Waals surface area contributed by atoms with E-state index in [-0.39, 0.29) is 23.8 Å². The third-order valence-electron chi connectivity index (χ3n) is 6.80. The second-order valence-electron chi connectivity index (χ2n) is 8.32. The van der Waals surface area contributed by atoms with Crippen molar-refractivity contribution in [3.8, 4) is 11.5 Å². The quantitative estimate of drug-likeness (QED) is 0.431. The largest absolute Gasteiger partial charge is 0.481 e. The minimum atomic E-state index is -0.531. The highest BCUT2D eigenvalue weighted by Crippen LogP contribution is 2.62. The van der Waals surface area contributed by atoms with Gasteiger partial charge in [0.25, 0.3) is 0 Å². The molecule has 1 aromatic carbocycles. The number of nitrogens with zero attached hydrogens (tertiary/aromatic N) is 1. The van der Waals surface area contributed by atoms with E-state index in [0.29, 0.717) is 30.9 Å². The van der Waals surface area contributed by atoms with E-state index in [0.717, 1.165) is 11.1 Å². The zero-order valence-electron chi connectivity index (χ0n) is 16.6. The highest BCUT2D eigenvalue weighted by molar-refractivity contribution is 5.76.